The second-order valence-electron chi connectivity index (χ2n) is 6.73. The van der Waals surface area contributed by atoms with Gasteiger partial charge >= 0.3 is 0 Å². The molecule has 1 aliphatic heterocycles. The van der Waals surface area contributed by atoms with Crippen LogP contribution in [0.3, 0.4) is 0 Å². The van der Waals surface area contributed by atoms with Crippen molar-refractivity contribution in [3.63, 3.8) is 0 Å². The summed E-state index contributed by atoms with van der Waals surface area (Å²) < 4.78 is 24.4. The van der Waals surface area contributed by atoms with Crippen molar-refractivity contribution < 1.29 is 18.3 Å². The van der Waals surface area contributed by atoms with E-state index in [0.29, 0.717) is 31.1 Å². The molecule has 0 aliphatic carbocycles. The Balaban J connectivity index is 1.54. The SMILES string of the molecule is O=C(NCC1(c2ccc(F)cc2)CCOCC1)c1cc2ccccc2o1. The second kappa shape index (κ2) is 6.92. The van der Waals surface area contributed by atoms with Crippen molar-refractivity contribution in [3.05, 3.63) is 71.7 Å². The Bertz CT molecular complexity index is 877. The van der Waals surface area contributed by atoms with E-state index in [1.807, 2.05) is 24.3 Å². The first-order chi connectivity index (χ1) is 12.7. The number of benzene rings is 2. The number of fused-ring (bicyclic) bond motifs is 1. The predicted octanol–water partition coefficient (Wildman–Crippen LogP) is 4.05. The molecule has 0 spiro atoms. The Morgan fingerprint density at radius 2 is 1.81 bits per heavy atom. The molecule has 4 rings (SSSR count). The number of amides is 1. The molecule has 0 saturated carbocycles. The number of nitrogens with one attached hydrogen (secondary N) is 1. The standard InChI is InChI=1S/C21H20FNO3/c22-17-7-5-16(6-8-17)21(9-11-25-12-10-21)14-23-20(24)19-13-15-3-1-2-4-18(15)26-19/h1-8,13H,9-12,14H2,(H,23,24). The maximum Gasteiger partial charge on any atom is 0.287 e. The highest BCUT2D eigenvalue weighted by Crippen LogP contribution is 2.34. The zero-order valence-corrected chi connectivity index (χ0v) is 14.3. The van der Waals surface area contributed by atoms with Gasteiger partial charge in [0.1, 0.15) is 11.4 Å². The minimum absolute atomic E-state index is 0.242. The normalized spacial score (nSPS) is 16.5. The maximum atomic E-state index is 13.3. The van der Waals surface area contributed by atoms with Crippen LogP contribution in [0.2, 0.25) is 0 Å². The Kier molecular flexibility index (Phi) is 4.47. The second-order valence-corrected chi connectivity index (χ2v) is 6.73. The molecule has 1 saturated heterocycles. The lowest BCUT2D eigenvalue weighted by Gasteiger charge is -2.37. The number of halogens is 1. The van der Waals surface area contributed by atoms with Crippen LogP contribution in [0.25, 0.3) is 11.0 Å². The molecule has 1 aromatic heterocycles. The van der Waals surface area contributed by atoms with E-state index >= 15 is 0 Å². The molecule has 1 aliphatic rings. The van der Waals surface area contributed by atoms with Crippen LogP contribution in [-0.2, 0) is 10.2 Å². The number of ether oxygens (including phenoxy) is 1. The summed E-state index contributed by atoms with van der Waals surface area (Å²) in [6.45, 7) is 1.70. The number of hydrogen-bond donors (Lipinski definition) is 1. The summed E-state index contributed by atoms with van der Waals surface area (Å²) in [5.74, 6) is -0.205. The summed E-state index contributed by atoms with van der Waals surface area (Å²) >= 11 is 0. The molecule has 5 heteroatoms. The number of rotatable bonds is 4. The largest absolute Gasteiger partial charge is 0.451 e. The molecule has 0 bridgehead atoms. The average molecular weight is 353 g/mol. The van der Waals surface area contributed by atoms with Gasteiger partial charge in [0, 0.05) is 30.6 Å². The van der Waals surface area contributed by atoms with Crippen LogP contribution in [-0.4, -0.2) is 25.7 Å². The van der Waals surface area contributed by atoms with Crippen molar-refractivity contribution in [3.8, 4) is 0 Å². The van der Waals surface area contributed by atoms with Crippen molar-refractivity contribution in [2.75, 3.05) is 19.8 Å². The van der Waals surface area contributed by atoms with Gasteiger partial charge in [0.25, 0.3) is 5.91 Å². The Labute approximate surface area is 151 Å². The van der Waals surface area contributed by atoms with Gasteiger partial charge in [-0.25, -0.2) is 4.39 Å². The lowest BCUT2D eigenvalue weighted by Crippen LogP contribution is -2.44. The average Bonchev–Trinajstić information content (AvgIpc) is 3.12. The summed E-state index contributed by atoms with van der Waals surface area (Å²) in [5, 5.41) is 3.90. The first-order valence-electron chi connectivity index (χ1n) is 8.77. The van der Waals surface area contributed by atoms with Crippen molar-refractivity contribution in [1.82, 2.24) is 5.32 Å². The predicted molar refractivity (Wildman–Crippen MR) is 96.7 cm³/mol. The molecular weight excluding hydrogens is 333 g/mol. The highest BCUT2D eigenvalue weighted by molar-refractivity contribution is 5.96. The van der Waals surface area contributed by atoms with Crippen molar-refractivity contribution in [2.45, 2.75) is 18.3 Å². The molecule has 134 valence electrons. The first kappa shape index (κ1) is 16.8. The topological polar surface area (TPSA) is 51.5 Å². The van der Waals surface area contributed by atoms with Crippen molar-refractivity contribution >= 4 is 16.9 Å². The molecule has 1 fully saturated rings. The molecule has 0 radical (unpaired) electrons. The van der Waals surface area contributed by atoms with E-state index in [2.05, 4.69) is 5.32 Å². The maximum absolute atomic E-state index is 13.3. The van der Waals surface area contributed by atoms with E-state index in [1.165, 1.54) is 12.1 Å². The fraction of sp³-hybridized carbons (Fsp3) is 0.286. The number of hydrogen-bond acceptors (Lipinski definition) is 3. The summed E-state index contributed by atoms with van der Waals surface area (Å²) in [7, 11) is 0. The number of furan rings is 1. The highest BCUT2D eigenvalue weighted by Gasteiger charge is 2.35. The van der Waals surface area contributed by atoms with Crippen LogP contribution < -0.4 is 5.32 Å². The van der Waals surface area contributed by atoms with E-state index in [1.54, 1.807) is 18.2 Å². The van der Waals surface area contributed by atoms with Gasteiger partial charge < -0.3 is 14.5 Å². The van der Waals surface area contributed by atoms with Crippen molar-refractivity contribution in [1.29, 1.82) is 0 Å². The summed E-state index contributed by atoms with van der Waals surface area (Å²) in [5.41, 5.74) is 1.46. The van der Waals surface area contributed by atoms with Crippen LogP contribution >= 0.6 is 0 Å². The van der Waals surface area contributed by atoms with Crippen LogP contribution in [0, 0.1) is 5.82 Å². The molecule has 2 aromatic carbocycles. The van der Waals surface area contributed by atoms with Gasteiger partial charge in [0.05, 0.1) is 0 Å². The molecule has 3 aromatic rings. The molecule has 0 unspecified atom stereocenters. The monoisotopic (exact) mass is 353 g/mol. The number of carbonyl (C=O) groups excluding carboxylic acids is 1. The molecule has 1 amide bonds. The van der Waals surface area contributed by atoms with Crippen LogP contribution in [0.1, 0.15) is 29.0 Å². The summed E-state index contributed by atoms with van der Waals surface area (Å²) in [6.07, 6.45) is 1.55. The summed E-state index contributed by atoms with van der Waals surface area (Å²) in [4.78, 5) is 12.6. The molecule has 2 heterocycles. The van der Waals surface area contributed by atoms with Crippen LogP contribution in [0.5, 0.6) is 0 Å². The highest BCUT2D eigenvalue weighted by atomic mass is 19.1. The van der Waals surface area contributed by atoms with E-state index < -0.39 is 0 Å². The van der Waals surface area contributed by atoms with Gasteiger partial charge in [0.2, 0.25) is 0 Å². The van der Waals surface area contributed by atoms with E-state index in [0.717, 1.165) is 23.8 Å². The zero-order valence-electron chi connectivity index (χ0n) is 14.3. The minimum atomic E-state index is -0.262. The Morgan fingerprint density at radius 3 is 2.54 bits per heavy atom. The third-order valence-corrected chi connectivity index (χ3v) is 5.14. The van der Waals surface area contributed by atoms with E-state index in [-0.39, 0.29) is 17.1 Å². The van der Waals surface area contributed by atoms with Gasteiger partial charge in [-0.05, 0) is 42.7 Å². The lowest BCUT2D eigenvalue weighted by atomic mass is 9.74. The first-order valence-corrected chi connectivity index (χ1v) is 8.77. The van der Waals surface area contributed by atoms with Gasteiger partial charge in [0.15, 0.2) is 5.76 Å². The fourth-order valence-corrected chi connectivity index (χ4v) is 3.56. The lowest BCUT2D eigenvalue weighted by molar-refractivity contribution is 0.0484. The quantitative estimate of drug-likeness (QED) is 0.770. The van der Waals surface area contributed by atoms with Gasteiger partial charge in [-0.2, -0.15) is 0 Å². The number of para-hydroxylation sites is 1. The molecule has 0 atom stereocenters. The summed E-state index contributed by atoms with van der Waals surface area (Å²) in [6, 6.07) is 15.8. The van der Waals surface area contributed by atoms with Crippen LogP contribution in [0.15, 0.2) is 59.0 Å². The Hall–Kier alpha value is -2.66. The molecule has 26 heavy (non-hydrogen) atoms. The van der Waals surface area contributed by atoms with Crippen LogP contribution in [0.4, 0.5) is 4.39 Å². The molecular formula is C21H20FNO3. The third kappa shape index (κ3) is 3.22. The fourth-order valence-electron chi connectivity index (χ4n) is 3.56. The smallest absolute Gasteiger partial charge is 0.287 e. The molecule has 1 N–H and O–H groups in total. The van der Waals surface area contributed by atoms with Gasteiger partial charge in [-0.1, -0.05) is 30.3 Å². The molecule has 4 nitrogen and oxygen atoms in total. The Morgan fingerprint density at radius 1 is 1.08 bits per heavy atom. The van der Waals surface area contributed by atoms with Gasteiger partial charge in [-0.15, -0.1) is 0 Å². The van der Waals surface area contributed by atoms with Gasteiger partial charge in [-0.3, -0.25) is 4.79 Å². The zero-order chi connectivity index (χ0) is 18.0. The minimum Gasteiger partial charge on any atom is -0.451 e. The van der Waals surface area contributed by atoms with E-state index in [9.17, 15) is 9.18 Å². The number of carbonyl (C=O) groups is 1. The third-order valence-electron chi connectivity index (χ3n) is 5.14. The van der Waals surface area contributed by atoms with Crippen molar-refractivity contribution in [2.24, 2.45) is 0 Å². The van der Waals surface area contributed by atoms with E-state index in [4.69, 9.17) is 9.15 Å².